The van der Waals surface area contributed by atoms with Crippen molar-refractivity contribution in [3.8, 4) is 0 Å². The molecule has 0 spiro atoms. The quantitative estimate of drug-likeness (QED) is 0.0233. The number of aliphatic hydroxyl groups excluding tert-OH is 1. The summed E-state index contributed by atoms with van der Waals surface area (Å²) >= 11 is 0. The number of carbonyl (C=O) groups is 1. The highest BCUT2D eigenvalue weighted by molar-refractivity contribution is 7.04. The molecule has 0 aromatic heterocycles. The highest BCUT2D eigenvalue weighted by Gasteiger charge is 2.40. The van der Waals surface area contributed by atoms with E-state index in [0.717, 1.165) is 107 Å². The molecule has 6 rings (SSSR count). The molecule has 0 bridgehead atoms. The summed E-state index contributed by atoms with van der Waals surface area (Å²) in [6.45, 7) is 88.4. The lowest BCUT2D eigenvalue weighted by Crippen LogP contribution is -2.59. The zero-order valence-electron chi connectivity index (χ0n) is 93.4. The molecule has 0 fully saturated rings. The lowest BCUT2D eigenvalue weighted by molar-refractivity contribution is -0.115. The molecule has 0 aliphatic heterocycles. The van der Waals surface area contributed by atoms with Gasteiger partial charge in [0.2, 0.25) is 0 Å². The molecule has 0 heterocycles. The zero-order valence-corrected chi connectivity index (χ0v) is 96.6. The summed E-state index contributed by atoms with van der Waals surface area (Å²) in [4.78, 5) is 12.6. The molecule has 0 aliphatic rings. The van der Waals surface area contributed by atoms with Gasteiger partial charge in [-0.2, -0.15) is 0 Å². The minimum atomic E-state index is -2.22. The van der Waals surface area contributed by atoms with Crippen LogP contribution in [0, 0.1) is 114 Å². The summed E-state index contributed by atoms with van der Waals surface area (Å²) in [7, 11) is -5.48. The fraction of sp³-hybridized carbons (Fsp3) is 0.688. The molecule has 0 aliphatic carbocycles. The van der Waals surface area contributed by atoms with Gasteiger partial charge in [0.15, 0.2) is 0 Å². The monoisotopic (exact) mass is 1890 g/mol. The van der Waals surface area contributed by atoms with Crippen LogP contribution in [0.25, 0.3) is 0 Å². The number of ether oxygens (including phenoxy) is 4. The first-order valence-electron chi connectivity index (χ1n) is 53.8. The lowest BCUT2D eigenvalue weighted by atomic mass is 9.76. The van der Waals surface area contributed by atoms with Gasteiger partial charge >= 0.3 is 0 Å². The van der Waals surface area contributed by atoms with Crippen LogP contribution in [-0.4, -0.2) is 95.3 Å². The number of hydrogen-bond donors (Lipinski definition) is 1. The molecule has 0 radical (unpaired) electrons. The van der Waals surface area contributed by atoms with Gasteiger partial charge in [0.25, 0.3) is 0 Å². The average Bonchev–Trinajstić information content (AvgIpc) is 0.771. The summed E-state index contributed by atoms with van der Waals surface area (Å²) in [5.74, 6) is 8.61. The number of hydrogen-bond acceptors (Lipinski definition) is 6. The van der Waals surface area contributed by atoms with Crippen LogP contribution in [-0.2, 0) is 23.7 Å². The Morgan fingerprint density at radius 3 is 0.791 bits per heavy atom. The molecule has 760 valence electrons. The van der Waals surface area contributed by atoms with E-state index in [-0.39, 0.29) is 12.4 Å². The molecule has 0 amide bonds. The van der Waals surface area contributed by atoms with Gasteiger partial charge in [-0.25, -0.2) is 0 Å². The van der Waals surface area contributed by atoms with E-state index in [1.54, 1.807) is 17.3 Å². The second kappa shape index (κ2) is 61.8. The third kappa shape index (κ3) is 55.4. The van der Waals surface area contributed by atoms with Crippen LogP contribution in [0.15, 0.2) is 195 Å². The van der Waals surface area contributed by atoms with Gasteiger partial charge in [-0.15, -0.1) is 6.58 Å². The van der Waals surface area contributed by atoms with Crippen molar-refractivity contribution in [1.82, 2.24) is 0 Å². The minimum Gasteiger partial charge on any atom is -0.397 e. The van der Waals surface area contributed by atoms with Crippen LogP contribution >= 0.6 is 0 Å². The normalized spacial score (nSPS) is 15.5. The number of Topliss-reactive ketones (excluding diaryl/α,β-unsaturated/α-hetero) is 1. The summed E-state index contributed by atoms with van der Waals surface area (Å²) in [6.07, 6.45) is 25.5. The van der Waals surface area contributed by atoms with Crippen LogP contribution in [0.2, 0.25) is 30.2 Å². The molecule has 0 saturated carbocycles. The van der Waals surface area contributed by atoms with E-state index < -0.39 is 24.9 Å². The van der Waals surface area contributed by atoms with Gasteiger partial charge in [0.05, 0.1) is 13.2 Å². The summed E-state index contributed by atoms with van der Waals surface area (Å²) < 4.78 is 25.1. The van der Waals surface area contributed by atoms with E-state index >= 15 is 0 Å². The van der Waals surface area contributed by atoms with Gasteiger partial charge in [0.1, 0.15) is 30.7 Å². The van der Waals surface area contributed by atoms with Gasteiger partial charge in [-0.1, -0.05) is 466 Å². The van der Waals surface area contributed by atoms with Crippen molar-refractivity contribution in [3.63, 3.8) is 0 Å². The third-order valence-corrected chi connectivity index (χ3v) is 41.6. The first kappa shape index (κ1) is 123. The van der Waals surface area contributed by atoms with E-state index in [2.05, 4.69) is 410 Å². The van der Waals surface area contributed by atoms with Gasteiger partial charge in [-0.05, 0) is 242 Å². The largest absolute Gasteiger partial charge is 0.397 e. The minimum absolute atomic E-state index is 0.232. The Kier molecular flexibility index (Phi) is 56.9. The second-order valence-electron chi connectivity index (χ2n) is 52.6. The van der Waals surface area contributed by atoms with E-state index in [0.29, 0.717) is 103 Å². The maximum atomic E-state index is 12.6. The van der Waals surface area contributed by atoms with E-state index in [1.807, 2.05) is 6.08 Å². The Hall–Kier alpha value is -4.82. The number of benzene rings is 6. The molecular formula is C125H212O6Si3. The SMILES string of the molecule is C=CCOCC(CCC(C)CC(C)(C)C)C(C)CC(C)(C)C.CC(=O)C[Si](CCCOCC(CCC(C)CC(C)(C)C)C(C)CC(C)(C)C)(c1ccccc1)c1ccccc1.CC(CCC(COCCC[SiH](c1ccccc1)c1ccccc1)C(C)CC(C)(C)C)CC(C)(C)C.CC(CCC(COCCC[Si](CCO)(c1ccccc1)c1ccccc1)C(C)CC(C)(C)C)CC(C)(C)C. The van der Waals surface area contributed by atoms with Crippen molar-refractivity contribution in [3.05, 3.63) is 195 Å². The van der Waals surface area contributed by atoms with Crippen molar-refractivity contribution in [2.45, 2.75) is 381 Å². The highest BCUT2D eigenvalue weighted by atomic mass is 28.3. The Morgan fingerprint density at radius 2 is 0.552 bits per heavy atom. The van der Waals surface area contributed by atoms with Crippen LogP contribution in [0.5, 0.6) is 0 Å². The summed E-state index contributed by atoms with van der Waals surface area (Å²) in [5, 5.41) is 18.8. The molecule has 12 unspecified atom stereocenters. The first-order valence-corrected chi connectivity index (χ1v) is 60.6. The topological polar surface area (TPSA) is 74.2 Å². The maximum Gasteiger partial charge on any atom is 0.127 e. The molecule has 12 atom stereocenters. The smallest absolute Gasteiger partial charge is 0.127 e. The molecule has 134 heavy (non-hydrogen) atoms. The van der Waals surface area contributed by atoms with E-state index in [9.17, 15) is 9.90 Å². The number of aliphatic hydroxyl groups is 1. The standard InChI is InChI=1S/C36H58O2Si.C35H58O2Si.C33H54OSi.C21H42O/c1-29(25-35(4,5)6)21-22-32(30(2)26-36(7,8)9)27-38-23-16-24-39(28-31(3)37,33-17-12-10-13-18-33)34-19-14-11-15-20-34;1-29(26-34(3,4)5)20-21-31(30(2)27-35(6,7)8)28-37-23-15-24-38(25-22-36,32-16-11-9-12-17-32)33-18-13-10-14-19-33;1-27(24-32(3,4)5)20-21-29(28(2)25-33(6,7)8)26-34-22-15-23-35(30-16-11-9-12-17-30)31-18-13-10-14-19-31;1-10-13-22-16-19(18(3)15-21(7,8)9)12-11-17(2)14-20(4,5)6/h10-15,17-20,29-30,32H,16,21-28H2,1-9H3;9-14,16-19,29-31,36H,15,20-28H2,1-8H3;9-14,16-19,27-29,35H,15,20-26H2,1-8H3;10,17-19H,1,11-16H2,2-9H3. The number of carbonyl (C=O) groups excluding carboxylic acids is 1. The number of ketones is 1. The predicted octanol–water partition coefficient (Wildman–Crippen LogP) is 31.7. The summed E-state index contributed by atoms with van der Waals surface area (Å²) in [5.41, 5.74) is 3.08. The van der Waals surface area contributed by atoms with Crippen LogP contribution < -0.4 is 31.1 Å². The molecule has 9 heteroatoms. The Bertz CT molecular complexity index is 3800. The fourth-order valence-corrected chi connectivity index (χ4v) is 35.0. The Labute approximate surface area is 834 Å². The lowest BCUT2D eigenvalue weighted by Gasteiger charge is -2.33. The predicted molar refractivity (Wildman–Crippen MR) is 601 cm³/mol. The van der Waals surface area contributed by atoms with Gasteiger partial charge < -0.3 is 28.8 Å². The van der Waals surface area contributed by atoms with Crippen molar-refractivity contribution >= 4 is 61.8 Å². The van der Waals surface area contributed by atoms with E-state index in [1.165, 1.54) is 130 Å². The van der Waals surface area contributed by atoms with E-state index in [4.69, 9.17) is 18.9 Å². The van der Waals surface area contributed by atoms with Crippen molar-refractivity contribution in [2.75, 3.05) is 59.5 Å². The molecule has 0 saturated heterocycles. The summed E-state index contributed by atoms with van der Waals surface area (Å²) in [6, 6.07) is 70.7. The average molecular weight is 1900 g/mol. The molecule has 6 aromatic carbocycles. The van der Waals surface area contributed by atoms with Gasteiger partial charge in [-0.3, -0.25) is 0 Å². The van der Waals surface area contributed by atoms with Crippen LogP contribution in [0.3, 0.4) is 0 Å². The van der Waals surface area contributed by atoms with Gasteiger partial charge in [0, 0.05) is 52.3 Å². The van der Waals surface area contributed by atoms with Crippen LogP contribution in [0.1, 0.15) is 350 Å². The van der Waals surface area contributed by atoms with Crippen LogP contribution in [0.4, 0.5) is 0 Å². The molecular weight excluding hydrogens is 1680 g/mol. The molecule has 1 N–H and O–H groups in total. The second-order valence-corrected chi connectivity index (χ2v) is 64.1. The Balaban J connectivity index is 0.000000469. The Morgan fingerprint density at radius 1 is 0.321 bits per heavy atom. The first-order chi connectivity index (χ1) is 62.5. The maximum absolute atomic E-state index is 12.6. The van der Waals surface area contributed by atoms with Crippen molar-refractivity contribution in [1.29, 1.82) is 0 Å². The highest BCUT2D eigenvalue weighted by Crippen LogP contribution is 2.40. The third-order valence-electron chi connectivity index (χ3n) is 27.8. The molecule has 6 aromatic rings. The molecule has 6 nitrogen and oxygen atoms in total. The van der Waals surface area contributed by atoms with Crippen molar-refractivity contribution in [2.24, 2.45) is 114 Å². The fourth-order valence-electron chi connectivity index (χ4n) is 22.7. The number of rotatable bonds is 56. The van der Waals surface area contributed by atoms with Crippen molar-refractivity contribution < 1.29 is 28.8 Å². The zero-order chi connectivity index (χ0) is 101.